The topological polar surface area (TPSA) is 69.4 Å². The zero-order chi connectivity index (χ0) is 13.8. The van der Waals surface area contributed by atoms with E-state index in [-0.39, 0.29) is 11.8 Å². The molecule has 1 aromatic rings. The number of hydrogen-bond donors (Lipinski definition) is 1. The molecule has 1 rings (SSSR count). The van der Waals surface area contributed by atoms with Crippen LogP contribution in [0.25, 0.3) is 0 Å². The van der Waals surface area contributed by atoms with E-state index in [9.17, 15) is 8.42 Å². The van der Waals surface area contributed by atoms with Gasteiger partial charge in [0.15, 0.2) is 0 Å². The van der Waals surface area contributed by atoms with Gasteiger partial charge in [0.2, 0.25) is 0 Å². The smallest absolute Gasteiger partial charge is 0.148 e. The summed E-state index contributed by atoms with van der Waals surface area (Å²) in [6.07, 6.45) is 1.24. The Morgan fingerprint density at radius 2 is 2.11 bits per heavy atom. The summed E-state index contributed by atoms with van der Waals surface area (Å²) in [6, 6.07) is 5.53. The lowest BCUT2D eigenvalue weighted by atomic mass is 10.1. The first-order chi connectivity index (χ1) is 8.35. The highest BCUT2D eigenvalue weighted by atomic mass is 32.2. The number of nitrogens with two attached hydrogens (primary N) is 1. The lowest BCUT2D eigenvalue weighted by Gasteiger charge is -2.16. The molecule has 102 valence electrons. The van der Waals surface area contributed by atoms with E-state index in [1.165, 1.54) is 18.0 Å². The van der Waals surface area contributed by atoms with Crippen LogP contribution < -0.4 is 10.5 Å². The Hall–Kier alpha value is -0.720. The lowest BCUT2D eigenvalue weighted by Crippen LogP contribution is -2.10. The van der Waals surface area contributed by atoms with Crippen molar-refractivity contribution in [3.8, 4) is 5.75 Å². The highest BCUT2D eigenvalue weighted by molar-refractivity contribution is 8.00. The standard InChI is InChI=1S/C12H19NO3S2/c1-9(13)12-10(16-2)5-4-6-11(12)17-7-8-18(3,14)15/h4-6,9H,7-8,13H2,1-3H3/t9-/m1/s1. The summed E-state index contributed by atoms with van der Waals surface area (Å²) in [6.45, 7) is 1.89. The predicted molar refractivity (Wildman–Crippen MR) is 76.0 cm³/mol. The van der Waals surface area contributed by atoms with E-state index < -0.39 is 9.84 Å². The summed E-state index contributed by atoms with van der Waals surface area (Å²) < 4.78 is 27.5. The minimum Gasteiger partial charge on any atom is -0.496 e. The molecule has 0 amide bonds. The molecular weight excluding hydrogens is 270 g/mol. The first-order valence-electron chi connectivity index (χ1n) is 5.58. The molecule has 0 unspecified atom stereocenters. The van der Waals surface area contributed by atoms with Gasteiger partial charge in [-0.3, -0.25) is 0 Å². The van der Waals surface area contributed by atoms with E-state index in [1.807, 2.05) is 25.1 Å². The summed E-state index contributed by atoms with van der Waals surface area (Å²) in [4.78, 5) is 0.980. The number of hydrogen-bond acceptors (Lipinski definition) is 5. The van der Waals surface area contributed by atoms with Crippen LogP contribution in [0.2, 0.25) is 0 Å². The monoisotopic (exact) mass is 289 g/mol. The van der Waals surface area contributed by atoms with Gasteiger partial charge in [0.05, 0.1) is 12.9 Å². The van der Waals surface area contributed by atoms with E-state index >= 15 is 0 Å². The number of sulfone groups is 1. The van der Waals surface area contributed by atoms with Crippen LogP contribution in [0, 0.1) is 0 Å². The minimum atomic E-state index is -2.93. The Balaban J connectivity index is 2.88. The van der Waals surface area contributed by atoms with Crippen molar-refractivity contribution in [1.82, 2.24) is 0 Å². The van der Waals surface area contributed by atoms with Crippen LogP contribution in [-0.4, -0.2) is 33.3 Å². The number of benzene rings is 1. The van der Waals surface area contributed by atoms with Crippen molar-refractivity contribution >= 4 is 21.6 Å². The van der Waals surface area contributed by atoms with E-state index in [1.54, 1.807) is 7.11 Å². The summed E-state index contributed by atoms with van der Waals surface area (Å²) in [7, 11) is -1.32. The van der Waals surface area contributed by atoms with Crippen molar-refractivity contribution in [2.24, 2.45) is 5.73 Å². The molecule has 1 aromatic carbocycles. The molecule has 0 fully saturated rings. The molecule has 0 aliphatic carbocycles. The van der Waals surface area contributed by atoms with Gasteiger partial charge in [-0.2, -0.15) is 0 Å². The zero-order valence-corrected chi connectivity index (χ0v) is 12.5. The Morgan fingerprint density at radius 3 is 2.61 bits per heavy atom. The molecule has 0 bridgehead atoms. The first kappa shape index (κ1) is 15.3. The van der Waals surface area contributed by atoms with Crippen LogP contribution in [0.5, 0.6) is 5.75 Å². The Kier molecular flexibility index (Phi) is 5.49. The number of ether oxygens (including phenoxy) is 1. The quantitative estimate of drug-likeness (QED) is 0.809. The highest BCUT2D eigenvalue weighted by Gasteiger charge is 2.14. The van der Waals surface area contributed by atoms with Crippen molar-refractivity contribution in [3.63, 3.8) is 0 Å². The van der Waals surface area contributed by atoms with Gasteiger partial charge < -0.3 is 10.5 Å². The second kappa shape index (κ2) is 6.45. The lowest BCUT2D eigenvalue weighted by molar-refractivity contribution is 0.405. The van der Waals surface area contributed by atoms with Gasteiger partial charge in [-0.25, -0.2) is 8.42 Å². The van der Waals surface area contributed by atoms with E-state index in [2.05, 4.69) is 0 Å². The molecule has 6 heteroatoms. The van der Waals surface area contributed by atoms with Crippen molar-refractivity contribution in [2.45, 2.75) is 17.9 Å². The SMILES string of the molecule is COc1cccc(SCCS(C)(=O)=O)c1[C@@H](C)N. The number of methoxy groups -OCH3 is 1. The molecule has 0 aliphatic heterocycles. The van der Waals surface area contributed by atoms with Crippen LogP contribution >= 0.6 is 11.8 Å². The molecule has 0 saturated heterocycles. The molecule has 0 saturated carbocycles. The van der Waals surface area contributed by atoms with Crippen LogP contribution in [0.1, 0.15) is 18.5 Å². The fraction of sp³-hybridized carbons (Fsp3) is 0.500. The zero-order valence-electron chi connectivity index (χ0n) is 10.8. The minimum absolute atomic E-state index is 0.151. The maximum Gasteiger partial charge on any atom is 0.148 e. The number of thioether (sulfide) groups is 1. The molecule has 0 aliphatic rings. The third kappa shape index (κ3) is 4.51. The molecule has 0 aromatic heterocycles. The van der Waals surface area contributed by atoms with E-state index in [0.717, 1.165) is 16.2 Å². The highest BCUT2D eigenvalue weighted by Crippen LogP contribution is 2.33. The van der Waals surface area contributed by atoms with Gasteiger partial charge in [0.1, 0.15) is 15.6 Å². The Bertz CT molecular complexity index is 498. The third-order valence-corrected chi connectivity index (χ3v) is 4.69. The average Bonchev–Trinajstić information content (AvgIpc) is 2.26. The molecule has 2 N–H and O–H groups in total. The van der Waals surface area contributed by atoms with Crippen molar-refractivity contribution in [1.29, 1.82) is 0 Å². The van der Waals surface area contributed by atoms with E-state index in [0.29, 0.717) is 5.75 Å². The molecule has 18 heavy (non-hydrogen) atoms. The summed E-state index contributed by atoms with van der Waals surface area (Å²) in [5.74, 6) is 1.42. The fourth-order valence-electron chi connectivity index (χ4n) is 1.58. The van der Waals surface area contributed by atoms with Crippen molar-refractivity contribution in [3.05, 3.63) is 23.8 Å². The summed E-state index contributed by atoms with van der Waals surface area (Å²) >= 11 is 1.49. The van der Waals surface area contributed by atoms with Gasteiger partial charge in [-0.15, -0.1) is 11.8 Å². The summed E-state index contributed by atoms with van der Waals surface area (Å²) in [5, 5.41) is 0. The Morgan fingerprint density at radius 1 is 1.44 bits per heavy atom. The maximum absolute atomic E-state index is 11.1. The van der Waals surface area contributed by atoms with Gasteiger partial charge in [0, 0.05) is 28.5 Å². The second-order valence-electron chi connectivity index (χ2n) is 4.14. The largest absolute Gasteiger partial charge is 0.496 e. The van der Waals surface area contributed by atoms with Crippen molar-refractivity contribution in [2.75, 3.05) is 24.9 Å². The Labute approximate surface area is 113 Å². The third-order valence-electron chi connectivity index (χ3n) is 2.41. The van der Waals surface area contributed by atoms with Gasteiger partial charge >= 0.3 is 0 Å². The van der Waals surface area contributed by atoms with Gasteiger partial charge in [0.25, 0.3) is 0 Å². The molecule has 0 heterocycles. The number of rotatable bonds is 6. The van der Waals surface area contributed by atoms with Crippen LogP contribution in [0.4, 0.5) is 0 Å². The molecule has 1 atom stereocenters. The normalized spacial score (nSPS) is 13.3. The molecule has 0 spiro atoms. The van der Waals surface area contributed by atoms with Gasteiger partial charge in [-0.05, 0) is 19.1 Å². The fourth-order valence-corrected chi connectivity index (χ4v) is 3.96. The van der Waals surface area contributed by atoms with Crippen LogP contribution in [0.3, 0.4) is 0 Å². The van der Waals surface area contributed by atoms with Crippen LogP contribution in [0.15, 0.2) is 23.1 Å². The van der Waals surface area contributed by atoms with E-state index in [4.69, 9.17) is 10.5 Å². The average molecular weight is 289 g/mol. The van der Waals surface area contributed by atoms with Crippen molar-refractivity contribution < 1.29 is 13.2 Å². The summed E-state index contributed by atoms with van der Waals surface area (Å²) in [5.41, 5.74) is 6.87. The molecule has 4 nitrogen and oxygen atoms in total. The molecule has 0 radical (unpaired) electrons. The predicted octanol–water partition coefficient (Wildman–Crippen LogP) is 1.85. The second-order valence-corrected chi connectivity index (χ2v) is 7.54. The van der Waals surface area contributed by atoms with Gasteiger partial charge in [-0.1, -0.05) is 6.07 Å². The maximum atomic E-state index is 11.1. The first-order valence-corrected chi connectivity index (χ1v) is 8.62. The van der Waals surface area contributed by atoms with Crippen LogP contribution in [-0.2, 0) is 9.84 Å². The molecular formula is C12H19NO3S2.